The second-order valence-electron chi connectivity index (χ2n) is 6.60. The summed E-state index contributed by atoms with van der Waals surface area (Å²) in [5, 5.41) is 0.868. The zero-order chi connectivity index (χ0) is 22.9. The van der Waals surface area contributed by atoms with Gasteiger partial charge in [0.25, 0.3) is 10.0 Å². The van der Waals surface area contributed by atoms with Crippen LogP contribution in [0, 0.1) is 0 Å². The summed E-state index contributed by atoms with van der Waals surface area (Å²) < 4.78 is 70.8. The molecular formula is C21H13ClF3N3O3S. The first kappa shape index (κ1) is 21.8. The first-order valence-electron chi connectivity index (χ1n) is 9.00. The average Bonchev–Trinajstić information content (AvgIpc) is 2.75. The standard InChI is InChI=1S/C21H13ClF3N3O3S/c22-18-10-15(28-32(29,30)17-7-5-14(6-8-17)21(23,24)25)11-27-20(18)31-16-9-13-3-1-2-4-19(13)26-12-16/h1-12,28H. The van der Waals surface area contributed by atoms with Gasteiger partial charge in [0.05, 0.1) is 34.1 Å². The Balaban J connectivity index is 1.52. The van der Waals surface area contributed by atoms with Crippen LogP contribution in [0.1, 0.15) is 5.56 Å². The summed E-state index contributed by atoms with van der Waals surface area (Å²) in [6, 6.07) is 13.6. The van der Waals surface area contributed by atoms with Crippen LogP contribution in [0.2, 0.25) is 5.02 Å². The summed E-state index contributed by atoms with van der Waals surface area (Å²) in [5.74, 6) is 0.414. The maximum Gasteiger partial charge on any atom is 0.416 e. The number of pyridine rings is 2. The number of ether oxygens (including phenoxy) is 1. The number of sulfonamides is 1. The maximum atomic E-state index is 12.7. The number of halogens is 4. The van der Waals surface area contributed by atoms with Crippen molar-refractivity contribution in [1.82, 2.24) is 9.97 Å². The maximum absolute atomic E-state index is 12.7. The van der Waals surface area contributed by atoms with Crippen LogP contribution in [-0.2, 0) is 16.2 Å². The quantitative estimate of drug-likeness (QED) is 0.385. The molecular weight excluding hydrogens is 467 g/mol. The Morgan fingerprint density at radius 2 is 1.66 bits per heavy atom. The second-order valence-corrected chi connectivity index (χ2v) is 8.69. The Bertz CT molecular complexity index is 1400. The molecule has 164 valence electrons. The number of nitrogens with one attached hydrogen (secondary N) is 1. The van der Waals surface area contributed by atoms with Crippen molar-refractivity contribution in [1.29, 1.82) is 0 Å². The molecule has 0 aliphatic carbocycles. The molecule has 0 bridgehead atoms. The molecule has 6 nitrogen and oxygen atoms in total. The Morgan fingerprint density at radius 3 is 2.34 bits per heavy atom. The predicted molar refractivity (Wildman–Crippen MR) is 113 cm³/mol. The molecule has 0 aliphatic rings. The van der Waals surface area contributed by atoms with E-state index in [1.807, 2.05) is 24.3 Å². The third kappa shape index (κ3) is 4.76. The van der Waals surface area contributed by atoms with E-state index in [4.69, 9.17) is 16.3 Å². The molecule has 1 N–H and O–H groups in total. The van der Waals surface area contributed by atoms with E-state index in [-0.39, 0.29) is 21.5 Å². The Hall–Kier alpha value is -3.37. The van der Waals surface area contributed by atoms with Gasteiger partial charge < -0.3 is 4.74 Å². The van der Waals surface area contributed by atoms with E-state index < -0.39 is 21.8 Å². The van der Waals surface area contributed by atoms with Gasteiger partial charge in [-0.15, -0.1) is 0 Å². The van der Waals surface area contributed by atoms with Crippen molar-refractivity contribution < 1.29 is 26.3 Å². The van der Waals surface area contributed by atoms with E-state index >= 15 is 0 Å². The van der Waals surface area contributed by atoms with Gasteiger partial charge in [-0.25, -0.2) is 13.4 Å². The molecule has 0 atom stereocenters. The van der Waals surface area contributed by atoms with E-state index in [1.54, 1.807) is 6.07 Å². The van der Waals surface area contributed by atoms with Crippen molar-refractivity contribution in [3.63, 3.8) is 0 Å². The fourth-order valence-corrected chi connectivity index (χ4v) is 4.05. The molecule has 2 aromatic heterocycles. The highest BCUT2D eigenvalue weighted by Gasteiger charge is 2.30. The highest BCUT2D eigenvalue weighted by atomic mass is 35.5. The highest BCUT2D eigenvalue weighted by Crippen LogP contribution is 2.32. The molecule has 0 aliphatic heterocycles. The molecule has 2 heterocycles. The van der Waals surface area contributed by atoms with Gasteiger partial charge >= 0.3 is 6.18 Å². The lowest BCUT2D eigenvalue weighted by molar-refractivity contribution is -0.137. The largest absolute Gasteiger partial charge is 0.436 e. The lowest BCUT2D eigenvalue weighted by Gasteiger charge is -2.11. The minimum absolute atomic E-state index is 0.0129. The lowest BCUT2D eigenvalue weighted by atomic mass is 10.2. The van der Waals surface area contributed by atoms with E-state index in [9.17, 15) is 21.6 Å². The van der Waals surface area contributed by atoms with Crippen LogP contribution in [0.3, 0.4) is 0 Å². The summed E-state index contributed by atoms with van der Waals surface area (Å²) in [6.45, 7) is 0. The molecule has 2 aromatic carbocycles. The number of rotatable bonds is 5. The van der Waals surface area contributed by atoms with Crippen molar-refractivity contribution in [3.05, 3.63) is 83.6 Å². The number of anilines is 1. The lowest BCUT2D eigenvalue weighted by Crippen LogP contribution is -2.14. The predicted octanol–water partition coefficient (Wildman–Crippen LogP) is 5.90. The summed E-state index contributed by atoms with van der Waals surface area (Å²) >= 11 is 6.18. The Kier molecular flexibility index (Phi) is 5.66. The molecule has 11 heteroatoms. The molecule has 0 saturated carbocycles. The molecule has 32 heavy (non-hydrogen) atoms. The van der Waals surface area contributed by atoms with Gasteiger partial charge in [0.2, 0.25) is 5.88 Å². The fraction of sp³-hybridized carbons (Fsp3) is 0.0476. The number of benzene rings is 2. The molecule has 0 saturated heterocycles. The van der Waals surface area contributed by atoms with Crippen molar-refractivity contribution in [3.8, 4) is 11.6 Å². The monoisotopic (exact) mass is 479 g/mol. The number of hydrogen-bond donors (Lipinski definition) is 1. The summed E-state index contributed by atoms with van der Waals surface area (Å²) in [6.07, 6.45) is -1.89. The van der Waals surface area contributed by atoms with Gasteiger partial charge in [0, 0.05) is 5.39 Å². The molecule has 0 unspecified atom stereocenters. The highest BCUT2D eigenvalue weighted by molar-refractivity contribution is 7.92. The van der Waals surface area contributed by atoms with Crippen molar-refractivity contribution >= 4 is 38.2 Å². The van der Waals surface area contributed by atoms with Gasteiger partial charge in [0.1, 0.15) is 10.8 Å². The smallest absolute Gasteiger partial charge is 0.416 e. The summed E-state index contributed by atoms with van der Waals surface area (Å²) in [7, 11) is -4.16. The number of aromatic nitrogens is 2. The zero-order valence-corrected chi connectivity index (χ0v) is 17.5. The third-order valence-electron chi connectivity index (χ3n) is 4.33. The van der Waals surface area contributed by atoms with Crippen LogP contribution in [0.25, 0.3) is 10.9 Å². The average molecular weight is 480 g/mol. The summed E-state index contributed by atoms with van der Waals surface area (Å²) in [4.78, 5) is 7.95. The molecule has 4 rings (SSSR count). The van der Waals surface area contributed by atoms with Crippen molar-refractivity contribution in [2.24, 2.45) is 0 Å². The van der Waals surface area contributed by atoms with Crippen LogP contribution in [0.5, 0.6) is 11.6 Å². The fourth-order valence-electron chi connectivity index (χ4n) is 2.81. The molecule has 4 aromatic rings. The minimum atomic E-state index is -4.57. The number of para-hydroxylation sites is 1. The van der Waals surface area contributed by atoms with Crippen LogP contribution in [0.4, 0.5) is 18.9 Å². The van der Waals surface area contributed by atoms with Gasteiger partial charge in [0.15, 0.2) is 0 Å². The van der Waals surface area contributed by atoms with E-state index in [1.165, 1.54) is 18.5 Å². The SMILES string of the molecule is O=S(=O)(Nc1cnc(Oc2cnc3ccccc3c2)c(Cl)c1)c1ccc(C(F)(F)F)cc1. The Labute approximate surface area is 185 Å². The zero-order valence-electron chi connectivity index (χ0n) is 16.0. The Morgan fingerprint density at radius 1 is 0.938 bits per heavy atom. The van der Waals surface area contributed by atoms with Crippen LogP contribution in [-0.4, -0.2) is 18.4 Å². The second kappa shape index (κ2) is 8.29. The van der Waals surface area contributed by atoms with Gasteiger partial charge in [-0.05, 0) is 42.5 Å². The number of fused-ring (bicyclic) bond motifs is 1. The van der Waals surface area contributed by atoms with Crippen LogP contribution in [0.15, 0.2) is 78.0 Å². The normalized spacial score (nSPS) is 12.0. The topological polar surface area (TPSA) is 81.2 Å². The first-order chi connectivity index (χ1) is 15.1. The minimum Gasteiger partial charge on any atom is -0.436 e. The number of hydrogen-bond acceptors (Lipinski definition) is 5. The van der Waals surface area contributed by atoms with Crippen molar-refractivity contribution in [2.45, 2.75) is 11.1 Å². The van der Waals surface area contributed by atoms with Crippen molar-refractivity contribution in [2.75, 3.05) is 4.72 Å². The van der Waals surface area contributed by atoms with Gasteiger partial charge in [-0.1, -0.05) is 29.8 Å². The molecule has 0 spiro atoms. The number of nitrogens with zero attached hydrogens (tertiary/aromatic N) is 2. The molecule has 0 amide bonds. The molecule has 0 fully saturated rings. The third-order valence-corrected chi connectivity index (χ3v) is 6.00. The van der Waals surface area contributed by atoms with Gasteiger partial charge in [-0.2, -0.15) is 13.2 Å². The van der Waals surface area contributed by atoms with Gasteiger partial charge in [-0.3, -0.25) is 9.71 Å². The van der Waals surface area contributed by atoms with E-state index in [2.05, 4.69) is 14.7 Å². The van der Waals surface area contributed by atoms with E-state index in [0.717, 1.165) is 23.0 Å². The number of alkyl halides is 3. The molecule has 0 radical (unpaired) electrons. The summed E-state index contributed by atoms with van der Waals surface area (Å²) in [5.41, 5.74) is -0.156. The first-order valence-corrected chi connectivity index (χ1v) is 10.9. The van der Waals surface area contributed by atoms with Crippen LogP contribution >= 0.6 is 11.6 Å². The van der Waals surface area contributed by atoms with Crippen LogP contribution < -0.4 is 9.46 Å². The van der Waals surface area contributed by atoms with E-state index in [0.29, 0.717) is 17.9 Å².